The average molecular weight is 348 g/mol. The van der Waals surface area contributed by atoms with Gasteiger partial charge in [0.15, 0.2) is 10.6 Å². The number of aromatic nitrogens is 5. The van der Waals surface area contributed by atoms with Crippen molar-refractivity contribution >= 4 is 18.0 Å². The fraction of sp³-hybridized carbons (Fsp3) is 0.0556. The van der Waals surface area contributed by atoms with E-state index in [0.29, 0.717) is 23.0 Å². The number of hydrogen-bond donors (Lipinski definition) is 2. The van der Waals surface area contributed by atoms with Gasteiger partial charge in [0.25, 0.3) is 0 Å². The lowest BCUT2D eigenvalue weighted by Gasteiger charge is -2.07. The number of para-hydroxylation sites is 1. The van der Waals surface area contributed by atoms with Crippen molar-refractivity contribution in [3.05, 3.63) is 77.2 Å². The second-order valence-corrected chi connectivity index (χ2v) is 6.00. The van der Waals surface area contributed by atoms with Crippen LogP contribution in [0.1, 0.15) is 5.56 Å². The first-order valence-corrected chi connectivity index (χ1v) is 8.23. The van der Waals surface area contributed by atoms with Crippen molar-refractivity contribution in [2.45, 2.75) is 6.54 Å². The van der Waals surface area contributed by atoms with Crippen LogP contribution in [-0.2, 0) is 6.54 Å². The van der Waals surface area contributed by atoms with Crippen LogP contribution in [0.25, 0.3) is 17.1 Å². The molecular formula is C18H16N6S. The topological polar surface area (TPSA) is 77.4 Å². The van der Waals surface area contributed by atoms with E-state index in [1.807, 2.05) is 53.1 Å². The maximum absolute atomic E-state index is 6.34. The van der Waals surface area contributed by atoms with Crippen LogP contribution in [0.15, 0.2) is 66.9 Å². The van der Waals surface area contributed by atoms with Crippen molar-refractivity contribution in [2.75, 3.05) is 5.73 Å². The fourth-order valence-electron chi connectivity index (χ4n) is 2.74. The van der Waals surface area contributed by atoms with Crippen LogP contribution < -0.4 is 5.73 Å². The third kappa shape index (κ3) is 2.85. The van der Waals surface area contributed by atoms with Gasteiger partial charge in [0.05, 0.1) is 24.0 Å². The molecule has 0 amide bonds. The predicted octanol–water partition coefficient (Wildman–Crippen LogP) is 3.42. The minimum absolute atomic E-state index is 0.523. The molecule has 4 rings (SSSR count). The van der Waals surface area contributed by atoms with Gasteiger partial charge in [-0.1, -0.05) is 48.5 Å². The number of nitrogens with two attached hydrogens (primary N) is 1. The highest BCUT2D eigenvalue weighted by Gasteiger charge is 2.17. The summed E-state index contributed by atoms with van der Waals surface area (Å²) >= 11 is 5.39. The summed E-state index contributed by atoms with van der Waals surface area (Å²) in [5.41, 5.74) is 9.11. The van der Waals surface area contributed by atoms with E-state index >= 15 is 0 Å². The van der Waals surface area contributed by atoms with Crippen molar-refractivity contribution in [3.63, 3.8) is 0 Å². The predicted molar refractivity (Wildman–Crippen MR) is 99.9 cm³/mol. The van der Waals surface area contributed by atoms with E-state index in [4.69, 9.17) is 18.0 Å². The van der Waals surface area contributed by atoms with Crippen LogP contribution in [0.2, 0.25) is 0 Å². The Hall–Kier alpha value is -3.19. The minimum Gasteiger partial charge on any atom is -0.383 e. The highest BCUT2D eigenvalue weighted by molar-refractivity contribution is 7.71. The molecule has 3 N–H and O–H groups in total. The van der Waals surface area contributed by atoms with Crippen LogP contribution in [0.4, 0.5) is 5.82 Å². The van der Waals surface area contributed by atoms with Gasteiger partial charge in [-0.2, -0.15) is 10.2 Å². The van der Waals surface area contributed by atoms with Crippen molar-refractivity contribution in [2.24, 2.45) is 0 Å². The molecule has 0 radical (unpaired) electrons. The number of rotatable bonds is 4. The van der Waals surface area contributed by atoms with Crippen LogP contribution >= 0.6 is 12.2 Å². The summed E-state index contributed by atoms with van der Waals surface area (Å²) < 4.78 is 4.17. The highest BCUT2D eigenvalue weighted by Crippen LogP contribution is 2.26. The first kappa shape index (κ1) is 15.3. The summed E-state index contributed by atoms with van der Waals surface area (Å²) in [5.74, 6) is 1.20. The number of aromatic amines is 1. The molecule has 124 valence electrons. The van der Waals surface area contributed by atoms with Gasteiger partial charge in [-0.15, -0.1) is 0 Å². The van der Waals surface area contributed by atoms with Gasteiger partial charge in [-0.25, -0.2) is 4.68 Å². The number of anilines is 1. The molecule has 0 saturated heterocycles. The van der Waals surface area contributed by atoms with Gasteiger partial charge in [0.1, 0.15) is 5.82 Å². The summed E-state index contributed by atoms with van der Waals surface area (Å²) in [6.45, 7) is 0.613. The maximum atomic E-state index is 6.34. The Morgan fingerprint density at radius 1 is 1.00 bits per heavy atom. The van der Waals surface area contributed by atoms with Crippen molar-refractivity contribution in [1.82, 2.24) is 24.5 Å². The van der Waals surface area contributed by atoms with Gasteiger partial charge in [0.2, 0.25) is 0 Å². The Balaban J connectivity index is 1.77. The molecule has 0 aliphatic rings. The molecule has 25 heavy (non-hydrogen) atoms. The molecule has 6 nitrogen and oxygen atoms in total. The number of nitrogens with zero attached hydrogens (tertiary/aromatic N) is 4. The van der Waals surface area contributed by atoms with E-state index in [0.717, 1.165) is 16.8 Å². The summed E-state index contributed by atoms with van der Waals surface area (Å²) in [4.78, 5) is 0. The van der Waals surface area contributed by atoms with Crippen molar-refractivity contribution in [1.29, 1.82) is 0 Å². The third-order valence-corrected chi connectivity index (χ3v) is 4.30. The Bertz CT molecular complexity index is 1050. The van der Waals surface area contributed by atoms with Crippen molar-refractivity contribution < 1.29 is 0 Å². The number of nitrogens with one attached hydrogen (secondary N) is 1. The minimum atomic E-state index is 0.523. The van der Waals surface area contributed by atoms with Gasteiger partial charge in [0, 0.05) is 0 Å². The smallest absolute Gasteiger partial charge is 0.195 e. The van der Waals surface area contributed by atoms with Gasteiger partial charge >= 0.3 is 0 Å². The molecule has 2 heterocycles. The number of benzene rings is 2. The number of hydrogen-bond acceptors (Lipinski definition) is 4. The zero-order valence-corrected chi connectivity index (χ0v) is 14.1. The Morgan fingerprint density at radius 2 is 1.68 bits per heavy atom. The Morgan fingerprint density at radius 3 is 2.40 bits per heavy atom. The lowest BCUT2D eigenvalue weighted by atomic mass is 10.2. The fourth-order valence-corrected chi connectivity index (χ4v) is 2.94. The van der Waals surface area contributed by atoms with Gasteiger partial charge < -0.3 is 5.73 Å². The number of nitrogen functional groups attached to an aromatic ring is 1. The maximum Gasteiger partial charge on any atom is 0.195 e. The van der Waals surface area contributed by atoms with E-state index < -0.39 is 0 Å². The largest absolute Gasteiger partial charge is 0.383 e. The molecule has 7 heteroatoms. The molecule has 0 bridgehead atoms. The first-order valence-electron chi connectivity index (χ1n) is 7.82. The number of H-pyrrole nitrogens is 1. The lowest BCUT2D eigenvalue weighted by Crippen LogP contribution is -2.05. The SMILES string of the molecule is Nc1c(-c2n[nH]c(=S)n2Cc2ccccc2)cnn1-c1ccccc1. The second kappa shape index (κ2) is 6.37. The zero-order chi connectivity index (χ0) is 17.2. The molecule has 4 aromatic rings. The van der Waals surface area contributed by atoms with Gasteiger partial charge in [-0.05, 0) is 29.9 Å². The molecule has 0 unspecified atom stereocenters. The summed E-state index contributed by atoms with van der Waals surface area (Å²) in [6.07, 6.45) is 1.72. The third-order valence-electron chi connectivity index (χ3n) is 3.99. The Kier molecular flexibility index (Phi) is 3.91. The van der Waals surface area contributed by atoms with Crippen LogP contribution in [0.3, 0.4) is 0 Å². The van der Waals surface area contributed by atoms with E-state index in [2.05, 4.69) is 27.4 Å². The normalized spacial score (nSPS) is 10.9. The van der Waals surface area contributed by atoms with Crippen LogP contribution in [0.5, 0.6) is 0 Å². The Labute approximate surface area is 149 Å². The molecule has 0 saturated carbocycles. The molecule has 0 atom stereocenters. The van der Waals surface area contributed by atoms with Crippen molar-refractivity contribution in [3.8, 4) is 17.1 Å². The summed E-state index contributed by atoms with van der Waals surface area (Å²) in [6, 6.07) is 19.8. The van der Waals surface area contributed by atoms with Crippen LogP contribution in [0, 0.1) is 4.77 Å². The lowest BCUT2D eigenvalue weighted by molar-refractivity contribution is 0.791. The molecule has 2 aromatic carbocycles. The van der Waals surface area contributed by atoms with Crippen LogP contribution in [-0.4, -0.2) is 24.5 Å². The second-order valence-electron chi connectivity index (χ2n) is 5.61. The van der Waals surface area contributed by atoms with E-state index in [-0.39, 0.29) is 0 Å². The quantitative estimate of drug-likeness (QED) is 0.554. The highest BCUT2D eigenvalue weighted by atomic mass is 32.1. The van der Waals surface area contributed by atoms with E-state index in [1.54, 1.807) is 10.9 Å². The standard InChI is InChI=1S/C18H16N6S/c19-16-15(11-20-24(16)14-9-5-2-6-10-14)17-21-22-18(25)23(17)12-13-7-3-1-4-8-13/h1-11H,12,19H2,(H,22,25). The average Bonchev–Trinajstić information content (AvgIpc) is 3.20. The molecular weight excluding hydrogens is 332 g/mol. The monoisotopic (exact) mass is 348 g/mol. The van der Waals surface area contributed by atoms with E-state index in [1.165, 1.54) is 0 Å². The summed E-state index contributed by atoms with van der Waals surface area (Å²) in [5, 5.41) is 11.6. The molecule has 0 aliphatic carbocycles. The molecule has 0 aliphatic heterocycles. The zero-order valence-electron chi connectivity index (χ0n) is 13.3. The molecule has 2 aromatic heterocycles. The van der Waals surface area contributed by atoms with Gasteiger partial charge in [-0.3, -0.25) is 9.67 Å². The first-order chi connectivity index (χ1) is 12.2. The molecule has 0 fully saturated rings. The summed E-state index contributed by atoms with van der Waals surface area (Å²) in [7, 11) is 0. The van der Waals surface area contributed by atoms with E-state index in [9.17, 15) is 0 Å². The molecule has 0 spiro atoms.